The van der Waals surface area contributed by atoms with E-state index in [1.54, 1.807) is 18.2 Å². The topological polar surface area (TPSA) is 155 Å². The second-order valence-corrected chi connectivity index (χ2v) is 18.0. The van der Waals surface area contributed by atoms with Crippen molar-refractivity contribution in [3.8, 4) is 11.8 Å². The van der Waals surface area contributed by atoms with Crippen LogP contribution in [0.3, 0.4) is 0 Å². The van der Waals surface area contributed by atoms with Gasteiger partial charge < -0.3 is 14.5 Å². The van der Waals surface area contributed by atoms with Crippen molar-refractivity contribution in [2.75, 3.05) is 68.7 Å². The Morgan fingerprint density at radius 3 is 2.35 bits per heavy atom. The zero-order valence-electron chi connectivity index (χ0n) is 35.1. The minimum absolute atomic E-state index is 0.0953. The summed E-state index contributed by atoms with van der Waals surface area (Å²) in [6, 6.07) is 22.5. The molecule has 5 aliphatic rings. The van der Waals surface area contributed by atoms with Gasteiger partial charge in [0.25, 0.3) is 11.8 Å². The molecule has 320 valence electrons. The van der Waals surface area contributed by atoms with Crippen molar-refractivity contribution in [1.29, 1.82) is 5.26 Å². The van der Waals surface area contributed by atoms with E-state index in [9.17, 15) is 24.4 Å². The molecule has 4 aromatic rings. The fraction of sp³-hybridized carbons (Fsp3) is 0.426. The molecular formula is C47H50ClN9O5. The maximum absolute atomic E-state index is 13.6. The average Bonchev–Trinajstić information content (AvgIpc) is 3.52. The Hall–Kier alpha value is -5.88. The van der Waals surface area contributed by atoms with Gasteiger partial charge in [-0.1, -0.05) is 43.6 Å². The molecule has 3 aromatic carbocycles. The molecule has 0 saturated carbocycles. The summed E-state index contributed by atoms with van der Waals surface area (Å²) in [6.07, 6.45) is 4.17. The van der Waals surface area contributed by atoms with E-state index in [0.717, 1.165) is 111 Å². The Morgan fingerprint density at radius 1 is 0.871 bits per heavy atom. The third-order valence-electron chi connectivity index (χ3n) is 13.3. The summed E-state index contributed by atoms with van der Waals surface area (Å²) < 4.78 is 6.15. The lowest BCUT2D eigenvalue weighted by Crippen LogP contribution is -2.59. The number of piperidine rings is 2. The minimum atomic E-state index is -0.975. The zero-order valence-corrected chi connectivity index (χ0v) is 35.8. The first-order valence-corrected chi connectivity index (χ1v) is 21.9. The Kier molecular flexibility index (Phi) is 11.4. The van der Waals surface area contributed by atoms with E-state index < -0.39 is 23.8 Å². The largest absolute Gasteiger partial charge is 0.487 e. The number of halogens is 1. The number of piperazine rings is 1. The molecule has 1 N–H and O–H groups in total. The first-order valence-electron chi connectivity index (χ1n) is 21.5. The number of hydrogen-bond acceptors (Lipinski definition) is 12. The van der Waals surface area contributed by atoms with Gasteiger partial charge in [0.15, 0.2) is 0 Å². The number of nitrogens with zero attached hydrogens (tertiary/aromatic N) is 8. The fourth-order valence-corrected chi connectivity index (χ4v) is 9.91. The lowest BCUT2D eigenvalue weighted by Gasteiger charge is -2.49. The van der Waals surface area contributed by atoms with Crippen LogP contribution < -0.4 is 19.9 Å². The minimum Gasteiger partial charge on any atom is -0.487 e. The maximum atomic E-state index is 13.6. The highest BCUT2D eigenvalue weighted by molar-refractivity contribution is 6.30. The molecule has 4 amide bonds. The van der Waals surface area contributed by atoms with Gasteiger partial charge in [-0.25, -0.2) is 9.97 Å². The number of rotatable bonds is 11. The smallest absolute Gasteiger partial charge is 0.264 e. The van der Waals surface area contributed by atoms with Gasteiger partial charge in [-0.05, 0) is 84.8 Å². The molecule has 0 radical (unpaired) electrons. The van der Waals surface area contributed by atoms with Crippen LogP contribution in [0.2, 0.25) is 5.02 Å². The van der Waals surface area contributed by atoms with Crippen LogP contribution in [0.15, 0.2) is 72.9 Å². The van der Waals surface area contributed by atoms with Gasteiger partial charge in [-0.3, -0.25) is 39.2 Å². The molecule has 0 spiro atoms. The molecule has 1 unspecified atom stereocenters. The van der Waals surface area contributed by atoms with Gasteiger partial charge in [0.1, 0.15) is 18.4 Å². The molecule has 1 aromatic heterocycles. The third-order valence-corrected chi connectivity index (χ3v) is 13.6. The molecule has 0 bridgehead atoms. The number of anilines is 2. The predicted molar refractivity (Wildman–Crippen MR) is 233 cm³/mol. The van der Waals surface area contributed by atoms with Crippen LogP contribution in [0.25, 0.3) is 0 Å². The number of hydrogen-bond donors (Lipinski definition) is 1. The van der Waals surface area contributed by atoms with Crippen LogP contribution in [0.4, 0.5) is 11.6 Å². The molecule has 62 heavy (non-hydrogen) atoms. The van der Waals surface area contributed by atoms with Crippen molar-refractivity contribution in [3.05, 3.63) is 111 Å². The summed E-state index contributed by atoms with van der Waals surface area (Å²) in [5.74, 6) is 0.183. The number of carbonyl (C=O) groups is 4. The molecule has 4 fully saturated rings. The second kappa shape index (κ2) is 17.1. The molecule has 15 heteroatoms. The molecule has 0 aliphatic carbocycles. The highest BCUT2D eigenvalue weighted by Gasteiger charge is 2.46. The number of amides is 4. The summed E-state index contributed by atoms with van der Waals surface area (Å²) in [4.78, 5) is 71.4. The number of benzene rings is 3. The Labute approximate surface area is 366 Å². The van der Waals surface area contributed by atoms with Gasteiger partial charge in [0.05, 0.1) is 34.1 Å². The number of imide groups is 2. The predicted octanol–water partition coefficient (Wildman–Crippen LogP) is 5.03. The normalized spacial score (nSPS) is 20.5. The van der Waals surface area contributed by atoms with E-state index in [-0.39, 0.29) is 24.2 Å². The number of nitrogens with one attached hydrogen (secondary N) is 1. The van der Waals surface area contributed by atoms with Crippen molar-refractivity contribution in [1.82, 2.24) is 30.0 Å². The lowest BCUT2D eigenvalue weighted by atomic mass is 9.78. The highest BCUT2D eigenvalue weighted by atomic mass is 35.5. The van der Waals surface area contributed by atoms with Crippen molar-refractivity contribution in [2.24, 2.45) is 5.92 Å². The first kappa shape index (κ1) is 41.5. The fourth-order valence-electron chi connectivity index (χ4n) is 9.68. The van der Waals surface area contributed by atoms with Gasteiger partial charge in [0, 0.05) is 88.0 Å². The number of fused-ring (bicyclic) bond motifs is 1. The van der Waals surface area contributed by atoms with E-state index >= 15 is 0 Å². The van der Waals surface area contributed by atoms with E-state index in [0.29, 0.717) is 40.3 Å². The molecular weight excluding hydrogens is 806 g/mol. The average molecular weight is 856 g/mol. The molecule has 14 nitrogen and oxygen atoms in total. The summed E-state index contributed by atoms with van der Waals surface area (Å²) in [6.45, 7) is 12.8. The van der Waals surface area contributed by atoms with Gasteiger partial charge in [-0.15, -0.1) is 0 Å². The monoisotopic (exact) mass is 855 g/mol. The molecule has 1 atom stereocenters. The summed E-state index contributed by atoms with van der Waals surface area (Å²) in [5, 5.41) is 12.2. The van der Waals surface area contributed by atoms with E-state index in [4.69, 9.17) is 21.3 Å². The summed E-state index contributed by atoms with van der Waals surface area (Å²) in [5.41, 5.74) is 4.48. The van der Waals surface area contributed by atoms with Crippen LogP contribution in [0.1, 0.15) is 82.6 Å². The van der Waals surface area contributed by atoms with Crippen LogP contribution in [-0.4, -0.2) is 119 Å². The number of carbonyl (C=O) groups excluding carboxylic acids is 4. The van der Waals surface area contributed by atoms with Crippen molar-refractivity contribution >= 4 is 46.9 Å². The molecule has 4 saturated heterocycles. The third kappa shape index (κ3) is 8.24. The Morgan fingerprint density at radius 2 is 1.63 bits per heavy atom. The van der Waals surface area contributed by atoms with Crippen LogP contribution in [0.5, 0.6) is 5.75 Å². The van der Waals surface area contributed by atoms with E-state index in [2.05, 4.69) is 61.9 Å². The van der Waals surface area contributed by atoms with Gasteiger partial charge >= 0.3 is 0 Å². The molecule has 9 rings (SSSR count). The number of ether oxygens (including phenoxy) is 1. The summed E-state index contributed by atoms with van der Waals surface area (Å²) >= 11 is 6.31. The van der Waals surface area contributed by atoms with E-state index in [1.165, 1.54) is 0 Å². The Bertz CT molecular complexity index is 2430. The maximum Gasteiger partial charge on any atom is 0.264 e. The van der Waals surface area contributed by atoms with Crippen LogP contribution in [-0.2, 0) is 21.6 Å². The molecule has 6 heterocycles. The standard InChI is InChI=1S/C47H50ClN9O5/c1-47(2,33-22-30(25-49)23-34(48)24-33)32-6-8-37(9-7-32)62-29-35-12-15-50-46(51-35)55-16-13-36(14-17-55)56-27-31(28-56)26-53-18-20-54(21-19-53)39-5-3-4-38-42(39)45(61)57(44(38)60)40-10-11-41(58)52-43(40)59/h3-9,12,15,22-24,31,36,40H,10-11,13-14,16-21,26-29H2,1-2H3,(H,52,58,59). The quantitative estimate of drug-likeness (QED) is 0.201. The second-order valence-electron chi connectivity index (χ2n) is 17.6. The zero-order chi connectivity index (χ0) is 43.1. The SMILES string of the molecule is CC(C)(c1ccc(OCc2ccnc(N3CCC(N4CC(CN5CCN(c6cccc7c6C(=O)N(C6CCC(=O)NC6=O)C7=O)CC5)C4)CC3)n2)cc1)c1cc(Cl)cc(C#N)c1. The van der Waals surface area contributed by atoms with Crippen molar-refractivity contribution in [3.63, 3.8) is 0 Å². The van der Waals surface area contributed by atoms with Crippen LogP contribution >= 0.6 is 11.6 Å². The molecule has 5 aliphatic heterocycles. The number of aromatic nitrogens is 2. The van der Waals surface area contributed by atoms with Crippen LogP contribution in [0, 0.1) is 17.2 Å². The summed E-state index contributed by atoms with van der Waals surface area (Å²) in [7, 11) is 0. The number of likely N-dealkylation sites (tertiary alicyclic amines) is 1. The number of nitriles is 1. The highest BCUT2D eigenvalue weighted by Crippen LogP contribution is 2.37. The van der Waals surface area contributed by atoms with Gasteiger partial charge in [-0.2, -0.15) is 5.26 Å². The first-order chi connectivity index (χ1) is 29.9. The lowest BCUT2D eigenvalue weighted by molar-refractivity contribution is -0.136. The van der Waals surface area contributed by atoms with Crippen molar-refractivity contribution in [2.45, 2.75) is 63.6 Å². The Balaban J connectivity index is 0.711. The van der Waals surface area contributed by atoms with E-state index in [1.807, 2.05) is 42.6 Å². The van der Waals surface area contributed by atoms with Crippen molar-refractivity contribution < 1.29 is 23.9 Å². The van der Waals surface area contributed by atoms with Gasteiger partial charge in [0.2, 0.25) is 17.8 Å².